The summed E-state index contributed by atoms with van der Waals surface area (Å²) in [6, 6.07) is 83.9. The average Bonchev–Trinajstić information content (AvgIpc) is 1.65. The number of imidazole rings is 2. The van der Waals surface area contributed by atoms with E-state index >= 15 is 0 Å². The van der Waals surface area contributed by atoms with Crippen LogP contribution >= 0.6 is 56.9 Å². The molecule has 8 nitrogen and oxygen atoms in total. The van der Waals surface area contributed by atoms with Crippen LogP contribution in [0, 0.1) is 3.57 Å². The van der Waals surface area contributed by atoms with Crippen molar-refractivity contribution in [3.63, 3.8) is 0 Å². The lowest BCUT2D eigenvalue weighted by molar-refractivity contribution is 1.19. The van der Waals surface area contributed by atoms with Gasteiger partial charge in [-0.25, -0.2) is 15.0 Å². The van der Waals surface area contributed by atoms with Crippen molar-refractivity contribution >= 4 is 190 Å². The van der Waals surface area contributed by atoms with Crippen LogP contribution in [0.4, 0.5) is 0 Å². The van der Waals surface area contributed by atoms with Crippen LogP contribution in [0.5, 0.6) is 0 Å². The van der Waals surface area contributed by atoms with Gasteiger partial charge in [0.2, 0.25) is 0 Å². The second-order valence-electron chi connectivity index (χ2n) is 20.9. The summed E-state index contributed by atoms with van der Waals surface area (Å²) in [5.74, 6) is 0.893. The zero-order chi connectivity index (χ0) is 55.6. The molecule has 0 fully saturated rings. The molecule has 10 aromatic carbocycles. The van der Waals surface area contributed by atoms with Crippen LogP contribution < -0.4 is 0 Å². The Hall–Kier alpha value is -9.50. The number of halogens is 2. The third-order valence-electron chi connectivity index (χ3n) is 16.2. The van der Waals surface area contributed by atoms with E-state index in [1.165, 1.54) is 89.6 Å². The molecule has 0 radical (unpaired) electrons. The van der Waals surface area contributed by atoms with Gasteiger partial charge in [0.15, 0.2) is 0 Å². The maximum Gasteiger partial charge on any atom is 0.146 e. The highest BCUT2D eigenvalue weighted by Crippen LogP contribution is 2.46. The molecular weight excluding hydrogens is 1200 g/mol. The molecule has 84 heavy (non-hydrogen) atoms. The summed E-state index contributed by atoms with van der Waals surface area (Å²) < 4.78 is 13.4. The molecule has 0 aliphatic rings. The predicted molar refractivity (Wildman–Crippen MR) is 363 cm³/mol. The standard InChI is InChI=1S/C36H20N4S.C31H19N3S.C5H3ClIN/c1-2-9-21(10-3-1)39-31-20-27-26(33-30(14-8-18-37-33)40-29-13-6-5-12-28(29)38-36(27)40)19-25(31)23-16-17-24-22-11-4-7-15-32(22)41-35(24)34(23)39;1-2-8-20(9-3-1)34-27-18-19(31-32-25-11-5-6-12-26(25)33-31)14-15-21(27)23-16-17-24-22-10-4-7-13-28(22)35-30(24)29(23)34;6-5-4(7)2-1-3-8-5/h1-20H;1-18H,(H,32,33);1-3H. The van der Waals surface area contributed by atoms with Gasteiger partial charge in [-0.3, -0.25) is 9.38 Å². The number of nitrogens with one attached hydrogen (secondary N) is 1. The Kier molecular flexibility index (Phi) is 11.4. The van der Waals surface area contributed by atoms with E-state index in [2.05, 4.69) is 246 Å². The fraction of sp³-hybridized carbons (Fsp3) is 0. The van der Waals surface area contributed by atoms with Crippen molar-refractivity contribution < 1.29 is 0 Å². The Morgan fingerprint density at radius 3 is 1.63 bits per heavy atom. The highest BCUT2D eigenvalue weighted by molar-refractivity contribution is 14.1. The van der Waals surface area contributed by atoms with Gasteiger partial charge >= 0.3 is 0 Å². The van der Waals surface area contributed by atoms with Gasteiger partial charge in [-0.05, 0) is 126 Å². The van der Waals surface area contributed by atoms with Gasteiger partial charge in [-0.1, -0.05) is 145 Å². The van der Waals surface area contributed by atoms with E-state index in [1.54, 1.807) is 6.20 Å². The maximum atomic E-state index is 5.59. The summed E-state index contributed by atoms with van der Waals surface area (Å²) >= 11 is 11.5. The predicted octanol–water partition coefficient (Wildman–Crippen LogP) is 20.7. The number of para-hydroxylation sites is 6. The first-order valence-electron chi connectivity index (χ1n) is 27.6. The fourth-order valence-electron chi connectivity index (χ4n) is 12.5. The van der Waals surface area contributed by atoms with Gasteiger partial charge in [-0.2, -0.15) is 0 Å². The largest absolute Gasteiger partial charge is 0.338 e. The van der Waals surface area contributed by atoms with Crippen LogP contribution in [-0.4, -0.2) is 38.5 Å². The molecule has 12 heteroatoms. The molecule has 0 spiro atoms. The number of aromatic nitrogens is 8. The van der Waals surface area contributed by atoms with Crippen LogP contribution in [-0.2, 0) is 0 Å². The smallest absolute Gasteiger partial charge is 0.146 e. The molecule has 0 aliphatic heterocycles. The van der Waals surface area contributed by atoms with Gasteiger partial charge in [0.05, 0.1) is 68.1 Å². The number of H-pyrrole nitrogens is 1. The molecule has 0 atom stereocenters. The Morgan fingerprint density at radius 1 is 0.405 bits per heavy atom. The van der Waals surface area contributed by atoms with Crippen LogP contribution in [0.1, 0.15) is 0 Å². The van der Waals surface area contributed by atoms with Crippen molar-refractivity contribution in [2.45, 2.75) is 0 Å². The highest BCUT2D eigenvalue weighted by atomic mass is 127. The maximum absolute atomic E-state index is 5.59. The minimum Gasteiger partial charge on any atom is -0.338 e. The molecule has 9 heterocycles. The number of fused-ring (bicyclic) bond motifs is 23. The summed E-state index contributed by atoms with van der Waals surface area (Å²) in [6.07, 6.45) is 3.56. The number of benzene rings is 10. The number of thiophene rings is 2. The SMILES string of the molecule is Clc1ncccc1I.c1ccc(-n2c3cc(-c4nc5ccccc5[nH]4)ccc3c3ccc4c5ccccc5sc4c32)cc1.c1ccc(-n2c3cc4c(cc3c3ccc5c6ccccc6sc5c32)c2ncccc2n2c3ccccc3nc42)cc1. The van der Waals surface area contributed by atoms with Crippen LogP contribution in [0.15, 0.2) is 249 Å². The lowest BCUT2D eigenvalue weighted by atomic mass is 10.0. The summed E-state index contributed by atoms with van der Waals surface area (Å²) in [4.78, 5) is 22.3. The molecule has 9 aromatic heterocycles. The summed E-state index contributed by atoms with van der Waals surface area (Å²) in [7, 11) is 0. The number of hydrogen-bond acceptors (Lipinski definition) is 6. The van der Waals surface area contributed by atoms with Gasteiger partial charge in [0, 0.05) is 92.6 Å². The molecule has 396 valence electrons. The van der Waals surface area contributed by atoms with E-state index in [-0.39, 0.29) is 0 Å². The molecule has 0 aliphatic carbocycles. The number of pyridine rings is 3. The normalized spacial score (nSPS) is 11.9. The van der Waals surface area contributed by atoms with Crippen molar-refractivity contribution in [3.8, 4) is 22.8 Å². The molecular formula is C72H42ClIN8S2. The topological polar surface area (TPSA) is 81.6 Å². The molecule has 1 N–H and O–H groups in total. The molecule has 0 amide bonds. The Morgan fingerprint density at radius 2 is 0.964 bits per heavy atom. The third kappa shape index (κ3) is 7.69. The van der Waals surface area contributed by atoms with Crippen molar-refractivity contribution in [2.75, 3.05) is 0 Å². The minimum absolute atomic E-state index is 0.577. The van der Waals surface area contributed by atoms with E-state index in [0.717, 1.165) is 70.2 Å². The van der Waals surface area contributed by atoms with E-state index in [4.69, 9.17) is 26.6 Å². The molecule has 0 bridgehead atoms. The lowest BCUT2D eigenvalue weighted by Crippen LogP contribution is -1.95. The van der Waals surface area contributed by atoms with Gasteiger partial charge in [-0.15, -0.1) is 22.7 Å². The first-order valence-corrected chi connectivity index (χ1v) is 30.7. The number of hydrogen-bond donors (Lipinski definition) is 1. The van der Waals surface area contributed by atoms with Crippen LogP contribution in [0.2, 0.25) is 5.15 Å². The van der Waals surface area contributed by atoms with Crippen molar-refractivity contribution in [1.29, 1.82) is 0 Å². The molecule has 0 saturated carbocycles. The van der Waals surface area contributed by atoms with E-state index in [1.807, 2.05) is 65.3 Å². The fourth-order valence-corrected chi connectivity index (χ4v) is 15.5. The minimum atomic E-state index is 0.577. The Balaban J connectivity index is 0.000000118. The number of nitrogens with zero attached hydrogens (tertiary/aromatic N) is 7. The Bertz CT molecular complexity index is 5800. The van der Waals surface area contributed by atoms with Crippen molar-refractivity contribution in [2.24, 2.45) is 0 Å². The molecule has 0 saturated heterocycles. The number of aromatic amines is 1. The first-order chi connectivity index (χ1) is 41.5. The van der Waals surface area contributed by atoms with Gasteiger partial charge in [0.25, 0.3) is 0 Å². The summed E-state index contributed by atoms with van der Waals surface area (Å²) in [6.45, 7) is 0. The monoisotopic (exact) mass is 1240 g/mol. The Labute approximate surface area is 505 Å². The highest BCUT2D eigenvalue weighted by Gasteiger charge is 2.23. The van der Waals surface area contributed by atoms with Gasteiger partial charge < -0.3 is 14.1 Å². The van der Waals surface area contributed by atoms with E-state index in [0.29, 0.717) is 5.15 Å². The average molecular weight is 1250 g/mol. The molecule has 19 rings (SSSR count). The zero-order valence-electron chi connectivity index (χ0n) is 44.4. The number of rotatable bonds is 3. The lowest BCUT2D eigenvalue weighted by Gasteiger charge is -2.11. The zero-order valence-corrected chi connectivity index (χ0v) is 48.9. The third-order valence-corrected chi connectivity index (χ3v) is 20.1. The second kappa shape index (κ2) is 19.6. The molecule has 0 unspecified atom stereocenters. The summed E-state index contributed by atoms with van der Waals surface area (Å²) in [5, 5.41) is 13.1. The van der Waals surface area contributed by atoms with Crippen molar-refractivity contribution in [3.05, 3.63) is 258 Å². The van der Waals surface area contributed by atoms with Crippen LogP contribution in [0.25, 0.3) is 156 Å². The van der Waals surface area contributed by atoms with E-state index < -0.39 is 0 Å². The summed E-state index contributed by atoms with van der Waals surface area (Å²) in [5.41, 5.74) is 15.4. The van der Waals surface area contributed by atoms with E-state index in [9.17, 15) is 0 Å². The quantitative estimate of drug-likeness (QED) is 0.109. The molecule has 19 aromatic rings. The van der Waals surface area contributed by atoms with Gasteiger partial charge in [0.1, 0.15) is 16.6 Å². The van der Waals surface area contributed by atoms with Crippen LogP contribution in [0.3, 0.4) is 0 Å². The first kappa shape index (κ1) is 49.1. The van der Waals surface area contributed by atoms with Crippen molar-refractivity contribution in [1.82, 2.24) is 38.5 Å². The second-order valence-corrected chi connectivity index (χ2v) is 24.5.